The monoisotopic (exact) mass is 428 g/mol. The zero-order valence-corrected chi connectivity index (χ0v) is 18.4. The molecule has 0 aromatic carbocycles. The highest BCUT2D eigenvalue weighted by Gasteiger charge is 2.32. The molecule has 1 aromatic heterocycles. The van der Waals surface area contributed by atoms with E-state index >= 15 is 0 Å². The van der Waals surface area contributed by atoms with Gasteiger partial charge in [0.1, 0.15) is 21.8 Å². The quantitative estimate of drug-likeness (QED) is 0.393. The molecule has 0 N–H and O–H groups in total. The fourth-order valence-electron chi connectivity index (χ4n) is 3.76. The minimum Gasteiger partial charge on any atom is -0.357 e. The van der Waals surface area contributed by atoms with E-state index < -0.39 is 0 Å². The second-order valence-corrected chi connectivity index (χ2v) is 8.76. The summed E-state index contributed by atoms with van der Waals surface area (Å²) >= 11 is 6.59. The summed E-state index contributed by atoms with van der Waals surface area (Å²) in [4.78, 5) is 30.1. The van der Waals surface area contributed by atoms with Gasteiger partial charge in [-0.05, 0) is 37.8 Å². The highest BCUT2D eigenvalue weighted by atomic mass is 32.2. The standard InChI is InChI=1S/C21H24N4O2S2/c1-4-8-24-18(23-10-6-7-11-23)15(14(3)16(13-22)19(24)26)12-17-20(27)25(9-5-2)21(28)29-17/h5,12H,2,4,6-11H2,1,3H3/b17-12+. The van der Waals surface area contributed by atoms with E-state index in [0.717, 1.165) is 43.7 Å². The summed E-state index contributed by atoms with van der Waals surface area (Å²) in [7, 11) is 0. The van der Waals surface area contributed by atoms with Gasteiger partial charge in [-0.1, -0.05) is 37.0 Å². The number of nitriles is 1. The number of rotatable bonds is 6. The number of hydrogen-bond acceptors (Lipinski definition) is 6. The molecule has 0 spiro atoms. The number of aromatic nitrogens is 1. The highest BCUT2D eigenvalue weighted by molar-refractivity contribution is 8.26. The first-order chi connectivity index (χ1) is 13.9. The fraction of sp³-hybridized carbons (Fsp3) is 0.429. The Kier molecular flexibility index (Phi) is 6.60. The van der Waals surface area contributed by atoms with Crippen LogP contribution in [-0.4, -0.2) is 39.3 Å². The number of nitrogens with zero attached hydrogens (tertiary/aromatic N) is 4. The van der Waals surface area contributed by atoms with E-state index in [-0.39, 0.29) is 17.0 Å². The third-order valence-electron chi connectivity index (χ3n) is 5.16. The third kappa shape index (κ3) is 3.89. The molecule has 1 amide bonds. The van der Waals surface area contributed by atoms with Gasteiger partial charge >= 0.3 is 0 Å². The number of thioether (sulfide) groups is 1. The van der Waals surface area contributed by atoms with Gasteiger partial charge in [-0.15, -0.1) is 6.58 Å². The Morgan fingerprint density at radius 1 is 1.31 bits per heavy atom. The number of pyridine rings is 1. The van der Waals surface area contributed by atoms with Crippen LogP contribution in [0.5, 0.6) is 0 Å². The molecule has 152 valence electrons. The van der Waals surface area contributed by atoms with Crippen LogP contribution >= 0.6 is 24.0 Å². The van der Waals surface area contributed by atoms with Crippen LogP contribution in [0, 0.1) is 18.3 Å². The van der Waals surface area contributed by atoms with Crippen molar-refractivity contribution in [3.63, 3.8) is 0 Å². The van der Waals surface area contributed by atoms with Crippen LogP contribution in [0.4, 0.5) is 5.82 Å². The Bertz CT molecular complexity index is 997. The zero-order chi connectivity index (χ0) is 21.1. The number of anilines is 1. The molecule has 0 saturated carbocycles. The second-order valence-electron chi connectivity index (χ2n) is 7.08. The maximum absolute atomic E-state index is 13.0. The summed E-state index contributed by atoms with van der Waals surface area (Å²) in [5, 5.41) is 9.63. The lowest BCUT2D eigenvalue weighted by molar-refractivity contribution is -0.121. The molecule has 3 heterocycles. The van der Waals surface area contributed by atoms with E-state index in [0.29, 0.717) is 27.9 Å². The van der Waals surface area contributed by atoms with Crippen LogP contribution in [0.1, 0.15) is 42.9 Å². The largest absolute Gasteiger partial charge is 0.357 e. The normalized spacial score (nSPS) is 18.0. The summed E-state index contributed by atoms with van der Waals surface area (Å²) in [6.07, 6.45) is 6.33. The summed E-state index contributed by atoms with van der Waals surface area (Å²) in [6, 6.07) is 2.07. The van der Waals surface area contributed by atoms with Crippen molar-refractivity contribution in [1.82, 2.24) is 9.47 Å². The van der Waals surface area contributed by atoms with Gasteiger partial charge in [0.05, 0.1) is 4.91 Å². The zero-order valence-electron chi connectivity index (χ0n) is 16.7. The first kappa shape index (κ1) is 21.3. The van der Waals surface area contributed by atoms with Crippen LogP contribution in [0.3, 0.4) is 0 Å². The summed E-state index contributed by atoms with van der Waals surface area (Å²) in [5.41, 5.74) is 1.25. The van der Waals surface area contributed by atoms with Crippen LogP contribution in [0.15, 0.2) is 22.4 Å². The van der Waals surface area contributed by atoms with E-state index in [1.165, 1.54) is 16.7 Å². The smallest absolute Gasteiger partial charge is 0.270 e. The molecule has 0 bridgehead atoms. The molecular formula is C21H24N4O2S2. The maximum atomic E-state index is 13.0. The Morgan fingerprint density at radius 2 is 2.00 bits per heavy atom. The molecule has 0 radical (unpaired) electrons. The SMILES string of the molecule is C=CCN1C(=O)/C(=C\c2c(C)c(C#N)c(=O)n(CCC)c2N2CCCC2)SC1=S. The van der Waals surface area contributed by atoms with Crippen LogP contribution in [-0.2, 0) is 11.3 Å². The van der Waals surface area contributed by atoms with Crippen molar-refractivity contribution in [3.05, 3.63) is 44.6 Å². The number of thiocarbonyl (C=S) groups is 1. The third-order valence-corrected chi connectivity index (χ3v) is 6.54. The molecule has 0 unspecified atom stereocenters. The molecule has 8 heteroatoms. The topological polar surface area (TPSA) is 69.3 Å². The van der Waals surface area contributed by atoms with Crippen molar-refractivity contribution in [2.75, 3.05) is 24.5 Å². The summed E-state index contributed by atoms with van der Waals surface area (Å²) in [5.74, 6) is 0.637. The average Bonchev–Trinajstić information content (AvgIpc) is 3.31. The number of amides is 1. The molecule has 2 aliphatic rings. The molecule has 2 fully saturated rings. The number of hydrogen-bond donors (Lipinski definition) is 0. The molecular weight excluding hydrogens is 404 g/mol. The molecule has 3 rings (SSSR count). The lowest BCUT2D eigenvalue weighted by Gasteiger charge is -2.26. The van der Waals surface area contributed by atoms with Crippen LogP contribution < -0.4 is 10.5 Å². The van der Waals surface area contributed by atoms with Crippen molar-refractivity contribution in [3.8, 4) is 6.07 Å². The summed E-state index contributed by atoms with van der Waals surface area (Å²) < 4.78 is 2.19. The maximum Gasteiger partial charge on any atom is 0.270 e. The van der Waals surface area contributed by atoms with Crippen molar-refractivity contribution in [2.24, 2.45) is 0 Å². The van der Waals surface area contributed by atoms with Crippen LogP contribution in [0.25, 0.3) is 6.08 Å². The van der Waals surface area contributed by atoms with Crippen molar-refractivity contribution < 1.29 is 4.79 Å². The minimum absolute atomic E-state index is 0.134. The van der Waals surface area contributed by atoms with E-state index in [9.17, 15) is 14.9 Å². The van der Waals surface area contributed by atoms with Gasteiger partial charge in [0.25, 0.3) is 11.5 Å². The van der Waals surface area contributed by atoms with Gasteiger partial charge in [-0.2, -0.15) is 5.26 Å². The van der Waals surface area contributed by atoms with Gasteiger partial charge in [-0.3, -0.25) is 19.1 Å². The molecule has 1 aromatic rings. The molecule has 2 aliphatic heterocycles. The molecule has 2 saturated heterocycles. The van der Waals surface area contributed by atoms with Gasteiger partial charge in [0, 0.05) is 31.7 Å². The van der Waals surface area contributed by atoms with Crippen molar-refractivity contribution >= 4 is 46.1 Å². The van der Waals surface area contributed by atoms with Crippen molar-refractivity contribution in [2.45, 2.75) is 39.7 Å². The highest BCUT2D eigenvalue weighted by Crippen LogP contribution is 2.36. The average molecular weight is 429 g/mol. The van der Waals surface area contributed by atoms with Crippen molar-refractivity contribution in [1.29, 1.82) is 5.26 Å². The Balaban J connectivity index is 2.24. The van der Waals surface area contributed by atoms with Gasteiger partial charge in [0.15, 0.2) is 0 Å². The summed E-state index contributed by atoms with van der Waals surface area (Å²) in [6.45, 7) is 10.1. The predicted molar refractivity (Wildman–Crippen MR) is 122 cm³/mol. The van der Waals surface area contributed by atoms with Crippen LogP contribution in [0.2, 0.25) is 0 Å². The van der Waals surface area contributed by atoms with E-state index in [1.807, 2.05) is 6.92 Å². The van der Waals surface area contributed by atoms with Gasteiger partial charge in [0.2, 0.25) is 0 Å². The lowest BCUT2D eigenvalue weighted by atomic mass is 10.0. The minimum atomic E-state index is -0.259. The molecule has 6 nitrogen and oxygen atoms in total. The number of carbonyl (C=O) groups is 1. The van der Waals surface area contributed by atoms with E-state index in [2.05, 4.69) is 17.5 Å². The Labute approximate surface area is 180 Å². The predicted octanol–water partition coefficient (Wildman–Crippen LogP) is 3.43. The lowest BCUT2D eigenvalue weighted by Crippen LogP contribution is -2.33. The first-order valence-corrected chi connectivity index (χ1v) is 11.0. The molecule has 0 aliphatic carbocycles. The van der Waals surface area contributed by atoms with E-state index in [4.69, 9.17) is 12.2 Å². The van der Waals surface area contributed by atoms with Gasteiger partial charge in [-0.25, -0.2) is 0 Å². The Hall–Kier alpha value is -2.37. The molecule has 29 heavy (non-hydrogen) atoms. The van der Waals surface area contributed by atoms with Gasteiger partial charge < -0.3 is 4.90 Å². The number of carbonyl (C=O) groups excluding carboxylic acids is 1. The first-order valence-electron chi connectivity index (χ1n) is 9.73. The molecule has 0 atom stereocenters. The van der Waals surface area contributed by atoms with E-state index in [1.54, 1.807) is 23.6 Å². The Morgan fingerprint density at radius 3 is 2.59 bits per heavy atom. The fourth-order valence-corrected chi connectivity index (χ4v) is 5.02. The second kappa shape index (κ2) is 8.97.